The maximum Gasteiger partial charge on any atom is 0.122 e. The Hall–Kier alpha value is -0.250. The van der Waals surface area contributed by atoms with Crippen LogP contribution >= 0.6 is 28.3 Å². The highest BCUT2D eigenvalue weighted by Gasteiger charge is 2.17. The first-order valence-electron chi connectivity index (χ1n) is 4.38. The number of hydrogen-bond donors (Lipinski definition) is 1. The first-order chi connectivity index (χ1) is 6.29. The molecule has 0 amide bonds. The Bertz CT molecular complexity index is 319. The largest absolute Gasteiger partial charge is 0.492 e. The van der Waals surface area contributed by atoms with Gasteiger partial charge in [-0.1, -0.05) is 15.9 Å². The van der Waals surface area contributed by atoms with Crippen molar-refractivity contribution in [2.75, 3.05) is 13.7 Å². The van der Waals surface area contributed by atoms with Gasteiger partial charge in [-0.05, 0) is 37.2 Å². The minimum atomic E-state index is 0. The third-order valence-electron chi connectivity index (χ3n) is 2.34. The van der Waals surface area contributed by atoms with Crippen molar-refractivity contribution >= 4 is 28.3 Å². The van der Waals surface area contributed by atoms with Gasteiger partial charge in [-0.3, -0.25) is 0 Å². The Labute approximate surface area is 98.6 Å². The van der Waals surface area contributed by atoms with E-state index < -0.39 is 0 Å². The summed E-state index contributed by atoms with van der Waals surface area (Å²) in [5.41, 5.74) is 1.28. The van der Waals surface area contributed by atoms with Gasteiger partial charge >= 0.3 is 0 Å². The van der Waals surface area contributed by atoms with Gasteiger partial charge in [0.2, 0.25) is 0 Å². The normalized spacial score (nSPS) is 19.1. The minimum absolute atomic E-state index is 0. The number of likely N-dealkylation sites (N-methyl/N-ethyl adjacent to an activating group) is 1. The molecule has 2 nitrogen and oxygen atoms in total. The first-order valence-corrected chi connectivity index (χ1v) is 5.17. The van der Waals surface area contributed by atoms with Crippen LogP contribution in [0.1, 0.15) is 5.56 Å². The third kappa shape index (κ3) is 2.41. The Morgan fingerprint density at radius 2 is 2.29 bits per heavy atom. The topological polar surface area (TPSA) is 21.3 Å². The first kappa shape index (κ1) is 11.8. The fourth-order valence-electron chi connectivity index (χ4n) is 1.55. The van der Waals surface area contributed by atoms with Crippen molar-refractivity contribution < 1.29 is 4.74 Å². The van der Waals surface area contributed by atoms with Crippen LogP contribution in [0.15, 0.2) is 22.7 Å². The number of benzene rings is 1. The molecule has 0 saturated carbocycles. The molecular weight excluding hydrogens is 265 g/mol. The molecular formula is C10H13BrClNO. The van der Waals surface area contributed by atoms with Gasteiger partial charge in [0.25, 0.3) is 0 Å². The average molecular weight is 279 g/mol. The zero-order valence-corrected chi connectivity index (χ0v) is 10.3. The van der Waals surface area contributed by atoms with E-state index in [1.54, 1.807) is 0 Å². The Balaban J connectivity index is 0.000000980. The Kier molecular flexibility index (Phi) is 4.23. The van der Waals surface area contributed by atoms with Gasteiger partial charge < -0.3 is 10.1 Å². The third-order valence-corrected chi connectivity index (χ3v) is 2.83. The number of hydrogen-bond acceptors (Lipinski definition) is 2. The summed E-state index contributed by atoms with van der Waals surface area (Å²) < 4.78 is 6.72. The number of ether oxygens (including phenoxy) is 1. The molecule has 1 aliphatic rings. The molecule has 0 spiro atoms. The smallest absolute Gasteiger partial charge is 0.122 e. The van der Waals surface area contributed by atoms with E-state index in [4.69, 9.17) is 4.74 Å². The molecule has 1 aromatic carbocycles. The number of fused-ring (bicyclic) bond motifs is 1. The van der Waals surface area contributed by atoms with Crippen LogP contribution in [0.3, 0.4) is 0 Å². The van der Waals surface area contributed by atoms with Gasteiger partial charge in [-0.15, -0.1) is 12.4 Å². The highest BCUT2D eigenvalue weighted by molar-refractivity contribution is 9.10. The lowest BCUT2D eigenvalue weighted by atomic mass is 10.0. The average Bonchev–Trinajstić information content (AvgIpc) is 2.16. The fraction of sp³-hybridized carbons (Fsp3) is 0.400. The van der Waals surface area contributed by atoms with E-state index in [2.05, 4.69) is 27.3 Å². The minimum Gasteiger partial charge on any atom is -0.492 e. The molecule has 2 rings (SSSR count). The van der Waals surface area contributed by atoms with Crippen molar-refractivity contribution in [3.8, 4) is 5.75 Å². The van der Waals surface area contributed by atoms with Crippen LogP contribution in [0.5, 0.6) is 5.75 Å². The summed E-state index contributed by atoms with van der Waals surface area (Å²) in [6, 6.07) is 6.60. The second-order valence-corrected chi connectivity index (χ2v) is 4.17. The maximum atomic E-state index is 5.60. The van der Waals surface area contributed by atoms with E-state index in [9.17, 15) is 0 Å². The van der Waals surface area contributed by atoms with E-state index in [0.29, 0.717) is 6.04 Å². The van der Waals surface area contributed by atoms with Crippen LogP contribution in [0.25, 0.3) is 0 Å². The SMILES string of the molecule is CNC1COc2ccc(Br)cc2C1.Cl. The van der Waals surface area contributed by atoms with E-state index in [1.165, 1.54) is 5.56 Å². The Morgan fingerprint density at radius 1 is 1.50 bits per heavy atom. The summed E-state index contributed by atoms with van der Waals surface area (Å²) >= 11 is 3.46. The number of rotatable bonds is 1. The molecule has 1 atom stereocenters. The molecule has 1 unspecified atom stereocenters. The summed E-state index contributed by atoms with van der Waals surface area (Å²) in [5.74, 6) is 1.02. The van der Waals surface area contributed by atoms with Gasteiger partial charge in [-0.2, -0.15) is 0 Å². The molecule has 0 fully saturated rings. The molecule has 1 aromatic rings. The molecule has 14 heavy (non-hydrogen) atoms. The molecule has 1 heterocycles. The van der Waals surface area contributed by atoms with Crippen molar-refractivity contribution in [2.45, 2.75) is 12.5 Å². The second-order valence-electron chi connectivity index (χ2n) is 3.25. The quantitative estimate of drug-likeness (QED) is 0.852. The lowest BCUT2D eigenvalue weighted by Gasteiger charge is -2.24. The molecule has 0 radical (unpaired) electrons. The van der Waals surface area contributed by atoms with E-state index >= 15 is 0 Å². The van der Waals surface area contributed by atoms with Crippen LogP contribution in [0.2, 0.25) is 0 Å². The molecule has 1 aliphatic heterocycles. The van der Waals surface area contributed by atoms with Gasteiger partial charge in [0, 0.05) is 10.5 Å². The maximum absolute atomic E-state index is 5.60. The standard InChI is InChI=1S/C10H12BrNO.ClH/c1-12-9-5-7-4-8(11)2-3-10(7)13-6-9;/h2-4,9,12H,5-6H2,1H3;1H. The van der Waals surface area contributed by atoms with Crippen molar-refractivity contribution in [3.63, 3.8) is 0 Å². The van der Waals surface area contributed by atoms with Crippen LogP contribution < -0.4 is 10.1 Å². The highest BCUT2D eigenvalue weighted by Crippen LogP contribution is 2.27. The molecule has 0 bridgehead atoms. The van der Waals surface area contributed by atoms with Crippen LogP contribution in [-0.4, -0.2) is 19.7 Å². The predicted octanol–water partition coefficient (Wildman–Crippen LogP) is 2.39. The second kappa shape index (κ2) is 5.01. The number of halogens is 2. The summed E-state index contributed by atoms with van der Waals surface area (Å²) in [6.07, 6.45) is 1.05. The molecule has 0 aromatic heterocycles. The van der Waals surface area contributed by atoms with Crippen molar-refractivity contribution in [1.82, 2.24) is 5.32 Å². The van der Waals surface area contributed by atoms with E-state index in [1.807, 2.05) is 19.2 Å². The summed E-state index contributed by atoms with van der Waals surface area (Å²) in [7, 11) is 1.97. The van der Waals surface area contributed by atoms with Crippen molar-refractivity contribution in [1.29, 1.82) is 0 Å². The lowest BCUT2D eigenvalue weighted by Crippen LogP contribution is -2.36. The summed E-state index contributed by atoms with van der Waals surface area (Å²) in [4.78, 5) is 0. The van der Waals surface area contributed by atoms with Crippen molar-refractivity contribution in [3.05, 3.63) is 28.2 Å². The summed E-state index contributed by atoms with van der Waals surface area (Å²) in [6.45, 7) is 0.769. The van der Waals surface area contributed by atoms with Crippen LogP contribution in [-0.2, 0) is 6.42 Å². The molecule has 0 saturated heterocycles. The lowest BCUT2D eigenvalue weighted by molar-refractivity contribution is 0.245. The molecule has 1 N–H and O–H groups in total. The summed E-state index contributed by atoms with van der Waals surface area (Å²) in [5, 5.41) is 3.22. The van der Waals surface area contributed by atoms with Gasteiger partial charge in [0.15, 0.2) is 0 Å². The zero-order chi connectivity index (χ0) is 9.26. The zero-order valence-electron chi connectivity index (χ0n) is 7.92. The van der Waals surface area contributed by atoms with Crippen molar-refractivity contribution in [2.24, 2.45) is 0 Å². The molecule has 4 heteroatoms. The molecule has 0 aliphatic carbocycles. The van der Waals surface area contributed by atoms with Gasteiger partial charge in [-0.25, -0.2) is 0 Å². The number of nitrogens with one attached hydrogen (secondary N) is 1. The predicted molar refractivity (Wildman–Crippen MR) is 63.4 cm³/mol. The van der Waals surface area contributed by atoms with E-state index in [0.717, 1.165) is 23.2 Å². The van der Waals surface area contributed by atoms with Crippen LogP contribution in [0, 0.1) is 0 Å². The van der Waals surface area contributed by atoms with E-state index in [-0.39, 0.29) is 12.4 Å². The Morgan fingerprint density at radius 3 is 3.00 bits per heavy atom. The highest BCUT2D eigenvalue weighted by atomic mass is 79.9. The van der Waals surface area contributed by atoms with Crippen LogP contribution in [0.4, 0.5) is 0 Å². The fourth-order valence-corrected chi connectivity index (χ4v) is 1.96. The van der Waals surface area contributed by atoms with Gasteiger partial charge in [0.05, 0.1) is 0 Å². The molecule has 78 valence electrons. The van der Waals surface area contributed by atoms with Gasteiger partial charge in [0.1, 0.15) is 12.4 Å². The monoisotopic (exact) mass is 277 g/mol.